The average molecular weight is 314 g/mol. The Labute approximate surface area is 127 Å². The lowest BCUT2D eigenvalue weighted by Gasteiger charge is -2.35. The van der Waals surface area contributed by atoms with Gasteiger partial charge in [-0.25, -0.2) is 0 Å². The Hall–Kier alpha value is -1.14. The lowest BCUT2D eigenvalue weighted by atomic mass is 9.77. The SMILES string of the molecule is CCC1(C(=O)Nc2ccccc2SC(F)F)CCCNC1. The van der Waals surface area contributed by atoms with E-state index in [0.29, 0.717) is 28.9 Å². The third-order valence-electron chi connectivity index (χ3n) is 3.98. The Balaban J connectivity index is 2.15. The summed E-state index contributed by atoms with van der Waals surface area (Å²) in [5.41, 5.74) is 0.0205. The van der Waals surface area contributed by atoms with Crippen LogP contribution in [0.5, 0.6) is 0 Å². The monoisotopic (exact) mass is 314 g/mol. The maximum absolute atomic E-state index is 12.6. The molecule has 0 aliphatic carbocycles. The summed E-state index contributed by atoms with van der Waals surface area (Å²) in [6.07, 6.45) is 2.51. The van der Waals surface area contributed by atoms with Gasteiger partial charge in [-0.2, -0.15) is 8.78 Å². The molecule has 1 heterocycles. The number of hydrogen-bond acceptors (Lipinski definition) is 3. The number of alkyl halides is 2. The fraction of sp³-hybridized carbons (Fsp3) is 0.533. The van der Waals surface area contributed by atoms with E-state index in [-0.39, 0.29) is 5.91 Å². The van der Waals surface area contributed by atoms with Gasteiger partial charge in [0, 0.05) is 11.4 Å². The molecule has 1 fully saturated rings. The summed E-state index contributed by atoms with van der Waals surface area (Å²) in [7, 11) is 0. The van der Waals surface area contributed by atoms with Gasteiger partial charge in [0.1, 0.15) is 0 Å². The summed E-state index contributed by atoms with van der Waals surface area (Å²) in [5, 5.41) is 6.10. The van der Waals surface area contributed by atoms with Gasteiger partial charge in [0.2, 0.25) is 5.91 Å². The molecule has 0 bridgehead atoms. The topological polar surface area (TPSA) is 41.1 Å². The predicted octanol–water partition coefficient (Wildman–Crippen LogP) is 3.72. The molecule has 2 rings (SSSR count). The molecule has 1 saturated heterocycles. The van der Waals surface area contributed by atoms with E-state index in [9.17, 15) is 13.6 Å². The van der Waals surface area contributed by atoms with Crippen LogP contribution in [0.4, 0.5) is 14.5 Å². The molecule has 3 nitrogen and oxygen atoms in total. The van der Waals surface area contributed by atoms with Crippen molar-refractivity contribution < 1.29 is 13.6 Å². The normalized spacial score (nSPS) is 22.3. The first-order valence-corrected chi connectivity index (χ1v) is 8.01. The summed E-state index contributed by atoms with van der Waals surface area (Å²) in [6.45, 7) is 3.55. The van der Waals surface area contributed by atoms with Crippen LogP contribution in [-0.2, 0) is 4.79 Å². The minimum atomic E-state index is -2.50. The van der Waals surface area contributed by atoms with E-state index in [0.717, 1.165) is 25.8 Å². The number of carbonyl (C=O) groups excluding carboxylic acids is 1. The van der Waals surface area contributed by atoms with Crippen molar-refractivity contribution in [3.8, 4) is 0 Å². The Morgan fingerprint density at radius 3 is 2.86 bits per heavy atom. The molecule has 0 radical (unpaired) electrons. The summed E-state index contributed by atoms with van der Waals surface area (Å²) < 4.78 is 25.1. The van der Waals surface area contributed by atoms with Gasteiger partial charge in [-0.3, -0.25) is 4.79 Å². The largest absolute Gasteiger partial charge is 0.325 e. The highest BCUT2D eigenvalue weighted by atomic mass is 32.2. The van der Waals surface area contributed by atoms with Gasteiger partial charge in [0.05, 0.1) is 11.1 Å². The van der Waals surface area contributed by atoms with Gasteiger partial charge < -0.3 is 10.6 Å². The van der Waals surface area contributed by atoms with E-state index in [1.165, 1.54) is 0 Å². The maximum Gasteiger partial charge on any atom is 0.288 e. The first kappa shape index (κ1) is 16.2. The molecule has 1 amide bonds. The first-order chi connectivity index (χ1) is 10.1. The van der Waals surface area contributed by atoms with Crippen LogP contribution in [0.1, 0.15) is 26.2 Å². The standard InChI is InChI=1S/C15H20F2N2OS/c1-2-15(8-5-9-18-10-15)13(20)19-11-6-3-4-7-12(11)21-14(16)17/h3-4,6-7,14,18H,2,5,8-10H2,1H3,(H,19,20). The van der Waals surface area contributed by atoms with Crippen molar-refractivity contribution in [2.75, 3.05) is 18.4 Å². The molecule has 0 saturated carbocycles. The Morgan fingerprint density at radius 1 is 1.48 bits per heavy atom. The van der Waals surface area contributed by atoms with E-state index < -0.39 is 11.2 Å². The molecule has 0 aromatic heterocycles. The van der Waals surface area contributed by atoms with Crippen LogP contribution >= 0.6 is 11.8 Å². The van der Waals surface area contributed by atoms with Crippen LogP contribution in [0.2, 0.25) is 0 Å². The smallest absolute Gasteiger partial charge is 0.288 e. The van der Waals surface area contributed by atoms with Crippen molar-refractivity contribution >= 4 is 23.4 Å². The molecular formula is C15H20F2N2OS. The third-order valence-corrected chi connectivity index (χ3v) is 4.77. The summed E-state index contributed by atoms with van der Waals surface area (Å²) in [6, 6.07) is 6.70. The van der Waals surface area contributed by atoms with E-state index in [4.69, 9.17) is 0 Å². The maximum atomic E-state index is 12.6. The van der Waals surface area contributed by atoms with Gasteiger partial charge in [-0.1, -0.05) is 30.8 Å². The number of rotatable bonds is 5. The molecule has 1 aromatic rings. The molecule has 21 heavy (non-hydrogen) atoms. The van der Waals surface area contributed by atoms with Crippen LogP contribution in [0.3, 0.4) is 0 Å². The molecule has 1 unspecified atom stereocenters. The van der Waals surface area contributed by atoms with Crippen molar-refractivity contribution in [1.29, 1.82) is 0 Å². The Morgan fingerprint density at radius 2 is 2.24 bits per heavy atom. The van der Waals surface area contributed by atoms with Crippen LogP contribution in [-0.4, -0.2) is 24.8 Å². The van der Waals surface area contributed by atoms with E-state index in [1.54, 1.807) is 24.3 Å². The molecule has 1 aromatic carbocycles. The Bertz CT molecular complexity index is 490. The lowest BCUT2D eigenvalue weighted by molar-refractivity contribution is -0.126. The average Bonchev–Trinajstić information content (AvgIpc) is 2.49. The fourth-order valence-corrected chi connectivity index (χ4v) is 3.24. The molecule has 116 valence electrons. The van der Waals surface area contributed by atoms with Crippen LogP contribution in [0.15, 0.2) is 29.2 Å². The zero-order valence-electron chi connectivity index (χ0n) is 12.0. The molecule has 1 aliphatic rings. The van der Waals surface area contributed by atoms with Crippen LogP contribution < -0.4 is 10.6 Å². The number of para-hydroxylation sites is 1. The number of carbonyl (C=O) groups is 1. The predicted molar refractivity (Wildman–Crippen MR) is 81.8 cm³/mol. The molecule has 0 spiro atoms. The number of benzene rings is 1. The number of piperidine rings is 1. The zero-order valence-corrected chi connectivity index (χ0v) is 12.8. The van der Waals surface area contributed by atoms with Gasteiger partial charge in [-0.15, -0.1) is 0 Å². The lowest BCUT2D eigenvalue weighted by Crippen LogP contribution is -2.47. The van der Waals surface area contributed by atoms with Gasteiger partial charge in [-0.05, 0) is 37.9 Å². The van der Waals surface area contributed by atoms with Crippen molar-refractivity contribution in [3.63, 3.8) is 0 Å². The number of thioether (sulfide) groups is 1. The van der Waals surface area contributed by atoms with Crippen molar-refractivity contribution in [3.05, 3.63) is 24.3 Å². The highest BCUT2D eigenvalue weighted by molar-refractivity contribution is 7.99. The summed E-state index contributed by atoms with van der Waals surface area (Å²) >= 11 is 0.457. The van der Waals surface area contributed by atoms with E-state index in [2.05, 4.69) is 10.6 Å². The second-order valence-corrected chi connectivity index (χ2v) is 6.27. The van der Waals surface area contributed by atoms with E-state index >= 15 is 0 Å². The minimum absolute atomic E-state index is 0.0838. The summed E-state index contributed by atoms with van der Waals surface area (Å²) in [5.74, 6) is -2.58. The molecule has 1 atom stereocenters. The molecule has 2 N–H and O–H groups in total. The number of amides is 1. The van der Waals surface area contributed by atoms with Gasteiger partial charge >= 0.3 is 0 Å². The highest BCUT2D eigenvalue weighted by Gasteiger charge is 2.38. The van der Waals surface area contributed by atoms with Gasteiger partial charge in [0.15, 0.2) is 0 Å². The van der Waals surface area contributed by atoms with Crippen molar-refractivity contribution in [2.24, 2.45) is 5.41 Å². The first-order valence-electron chi connectivity index (χ1n) is 7.13. The Kier molecular flexibility index (Phi) is 5.58. The zero-order chi connectivity index (χ0) is 15.3. The van der Waals surface area contributed by atoms with E-state index in [1.807, 2.05) is 6.92 Å². The van der Waals surface area contributed by atoms with Crippen molar-refractivity contribution in [2.45, 2.75) is 36.8 Å². The molecule has 6 heteroatoms. The number of hydrogen-bond donors (Lipinski definition) is 2. The van der Waals surface area contributed by atoms with Crippen LogP contribution in [0, 0.1) is 5.41 Å². The number of anilines is 1. The fourth-order valence-electron chi connectivity index (χ4n) is 2.65. The third kappa shape index (κ3) is 3.95. The molecule has 1 aliphatic heterocycles. The quantitative estimate of drug-likeness (QED) is 0.814. The number of nitrogens with one attached hydrogen (secondary N) is 2. The van der Waals surface area contributed by atoms with Crippen molar-refractivity contribution in [1.82, 2.24) is 5.32 Å². The molecular weight excluding hydrogens is 294 g/mol. The second kappa shape index (κ2) is 7.22. The van der Waals surface area contributed by atoms with Crippen LogP contribution in [0.25, 0.3) is 0 Å². The number of halogens is 2. The summed E-state index contributed by atoms with van der Waals surface area (Å²) in [4.78, 5) is 13.0. The second-order valence-electron chi connectivity index (χ2n) is 5.24. The highest BCUT2D eigenvalue weighted by Crippen LogP contribution is 2.35. The minimum Gasteiger partial charge on any atom is -0.325 e. The van der Waals surface area contributed by atoms with Gasteiger partial charge in [0.25, 0.3) is 5.76 Å².